The van der Waals surface area contributed by atoms with E-state index in [1.165, 1.54) is 15.9 Å². The van der Waals surface area contributed by atoms with E-state index in [1.807, 2.05) is 45.0 Å². The summed E-state index contributed by atoms with van der Waals surface area (Å²) in [4.78, 5) is 12.3. The van der Waals surface area contributed by atoms with Crippen LogP contribution in [0.1, 0.15) is 27.2 Å². The van der Waals surface area contributed by atoms with Crippen LogP contribution in [0, 0.1) is 0 Å². The average Bonchev–Trinajstić information content (AvgIpc) is 2.72. The van der Waals surface area contributed by atoms with E-state index in [-0.39, 0.29) is 12.4 Å². The molecule has 0 N–H and O–H groups in total. The Morgan fingerprint density at radius 3 is 1.48 bits per heavy atom. The van der Waals surface area contributed by atoms with E-state index in [0.29, 0.717) is 0 Å². The normalized spacial score (nSPS) is 12.1. The van der Waals surface area contributed by atoms with Gasteiger partial charge in [-0.05, 0) is 63.2 Å². The Hall–Kier alpha value is -2.70. The highest BCUT2D eigenvalue weighted by molar-refractivity contribution is 7.98. The smallest absolute Gasteiger partial charge is 0.310 e. The zero-order valence-electron chi connectivity index (χ0n) is 17.3. The molecule has 148 valence electrons. The van der Waals surface area contributed by atoms with Crippen molar-refractivity contribution in [3.05, 3.63) is 103 Å². The third-order valence-electron chi connectivity index (χ3n) is 4.52. The van der Waals surface area contributed by atoms with E-state index in [2.05, 4.69) is 78.6 Å². The van der Waals surface area contributed by atoms with Gasteiger partial charge in [0.25, 0.3) is 0 Å². The predicted octanol–water partition coefficient (Wildman–Crippen LogP) is 5.23. The minimum atomic E-state index is -2.05. The summed E-state index contributed by atoms with van der Waals surface area (Å²) in [5.41, 5.74) is -0.477. The molecule has 3 heteroatoms. The fourth-order valence-electron chi connectivity index (χ4n) is 3.39. The highest BCUT2D eigenvalue weighted by Crippen LogP contribution is 2.56. The van der Waals surface area contributed by atoms with Crippen LogP contribution in [0.5, 0.6) is 0 Å². The van der Waals surface area contributed by atoms with Crippen molar-refractivity contribution in [1.82, 2.24) is 0 Å². The number of hydrogen-bond acceptors (Lipinski definition) is 2. The maximum Gasteiger partial charge on any atom is 0.310 e. The van der Waals surface area contributed by atoms with Gasteiger partial charge in [0.15, 0.2) is 0 Å². The molecule has 3 aromatic carbocycles. The first kappa shape index (κ1) is 21.0. The van der Waals surface area contributed by atoms with E-state index in [0.717, 1.165) is 0 Å². The molecule has 0 aliphatic carbocycles. The second-order valence-electron chi connectivity index (χ2n) is 7.90. The Morgan fingerprint density at radius 1 is 0.759 bits per heavy atom. The second kappa shape index (κ2) is 9.20. The lowest BCUT2D eigenvalue weighted by Gasteiger charge is -2.24. The van der Waals surface area contributed by atoms with E-state index in [9.17, 15) is 4.79 Å². The molecule has 3 rings (SSSR count). The average molecular weight is 403 g/mol. The monoisotopic (exact) mass is 403 g/mol. The van der Waals surface area contributed by atoms with Crippen molar-refractivity contribution < 1.29 is 9.53 Å². The third-order valence-corrected chi connectivity index (χ3v) is 8.52. The summed E-state index contributed by atoms with van der Waals surface area (Å²) in [6.45, 7) is 5.68. The highest BCUT2D eigenvalue weighted by atomic mass is 31.2. The molecule has 0 fully saturated rings. The fraction of sp³-hybridized carbons (Fsp3) is 0.192. The van der Waals surface area contributed by atoms with Gasteiger partial charge in [0.05, 0.1) is 12.2 Å². The van der Waals surface area contributed by atoms with Crippen LogP contribution < -0.4 is 15.9 Å². The fourth-order valence-corrected chi connectivity index (χ4v) is 7.14. The minimum absolute atomic E-state index is 0.207. The molecule has 0 aromatic heterocycles. The standard InChI is InChI=1S/C26H28O2P/c1-26(2,3)28-25(27)20-13-21-29(22-14-7-4-8-15-22,23-16-9-5-10-17-23)24-18-11-6-12-19-24/h4-19,21H,20H2,1-3H3/q+1. The number of carbonyl (C=O) groups excluding carboxylic acids is 1. The molecule has 0 bridgehead atoms. The molecule has 0 radical (unpaired) electrons. The van der Waals surface area contributed by atoms with Crippen LogP contribution in [0.4, 0.5) is 0 Å². The summed E-state index contributed by atoms with van der Waals surface area (Å²) in [7, 11) is -2.05. The SMILES string of the molecule is CC(C)(C)OC(=O)CC=C[P+](c1ccccc1)(c1ccccc1)c1ccccc1. The van der Waals surface area contributed by atoms with Crippen molar-refractivity contribution in [1.29, 1.82) is 0 Å². The molecule has 0 spiro atoms. The summed E-state index contributed by atoms with van der Waals surface area (Å²) in [5, 5.41) is 3.79. The Kier molecular flexibility index (Phi) is 6.67. The first-order chi connectivity index (χ1) is 13.9. The maximum absolute atomic E-state index is 12.3. The summed E-state index contributed by atoms with van der Waals surface area (Å²) in [5.74, 6) is 2.04. The van der Waals surface area contributed by atoms with Gasteiger partial charge in [-0.25, -0.2) is 0 Å². The lowest BCUT2D eigenvalue weighted by molar-refractivity contribution is -0.153. The van der Waals surface area contributed by atoms with Gasteiger partial charge in [0, 0.05) is 0 Å². The molecule has 0 aliphatic rings. The van der Waals surface area contributed by atoms with Crippen molar-refractivity contribution >= 4 is 29.1 Å². The summed E-state index contributed by atoms with van der Waals surface area (Å²) < 4.78 is 5.49. The molecule has 3 aromatic rings. The number of benzene rings is 3. The van der Waals surface area contributed by atoms with Crippen molar-refractivity contribution in [2.24, 2.45) is 0 Å². The van der Waals surface area contributed by atoms with E-state index in [4.69, 9.17) is 4.74 Å². The zero-order valence-corrected chi connectivity index (χ0v) is 18.2. The molecular weight excluding hydrogens is 375 g/mol. The molecule has 0 saturated heterocycles. The number of esters is 1. The number of rotatable bonds is 6. The molecule has 0 saturated carbocycles. The van der Waals surface area contributed by atoms with E-state index < -0.39 is 12.9 Å². The molecule has 0 aliphatic heterocycles. The molecule has 0 amide bonds. The summed E-state index contributed by atoms with van der Waals surface area (Å²) >= 11 is 0. The third kappa shape index (κ3) is 5.22. The van der Waals surface area contributed by atoms with Crippen molar-refractivity contribution in [3.63, 3.8) is 0 Å². The zero-order chi connectivity index (χ0) is 20.7. The first-order valence-electron chi connectivity index (χ1n) is 9.87. The molecule has 0 unspecified atom stereocenters. The van der Waals surface area contributed by atoms with E-state index in [1.54, 1.807) is 0 Å². The van der Waals surface area contributed by atoms with Gasteiger partial charge in [-0.1, -0.05) is 54.6 Å². The summed E-state index contributed by atoms with van der Waals surface area (Å²) in [6, 6.07) is 31.7. The van der Waals surface area contributed by atoms with Crippen LogP contribution in [0.25, 0.3) is 0 Å². The highest BCUT2D eigenvalue weighted by Gasteiger charge is 2.43. The van der Waals surface area contributed by atoms with Crippen molar-refractivity contribution in [3.8, 4) is 0 Å². The van der Waals surface area contributed by atoms with Gasteiger partial charge < -0.3 is 4.74 Å². The first-order valence-corrected chi connectivity index (χ1v) is 11.7. The van der Waals surface area contributed by atoms with Gasteiger partial charge in [0.1, 0.15) is 28.8 Å². The quantitative estimate of drug-likeness (QED) is 0.416. The van der Waals surface area contributed by atoms with Gasteiger partial charge in [0.2, 0.25) is 0 Å². The number of ether oxygens (including phenoxy) is 1. The van der Waals surface area contributed by atoms with Crippen LogP contribution in [-0.4, -0.2) is 11.6 Å². The van der Waals surface area contributed by atoms with Crippen LogP contribution in [0.3, 0.4) is 0 Å². The molecule has 2 nitrogen and oxygen atoms in total. The molecule has 29 heavy (non-hydrogen) atoms. The van der Waals surface area contributed by atoms with Crippen molar-refractivity contribution in [2.75, 3.05) is 0 Å². The van der Waals surface area contributed by atoms with Gasteiger partial charge in [-0.3, -0.25) is 4.79 Å². The number of carbonyl (C=O) groups is 1. The largest absolute Gasteiger partial charge is 0.460 e. The Labute approximate surface area is 174 Å². The van der Waals surface area contributed by atoms with Crippen LogP contribution >= 0.6 is 7.26 Å². The second-order valence-corrected chi connectivity index (χ2v) is 11.2. The van der Waals surface area contributed by atoms with Gasteiger partial charge >= 0.3 is 5.97 Å². The van der Waals surface area contributed by atoms with Crippen molar-refractivity contribution in [2.45, 2.75) is 32.8 Å². The van der Waals surface area contributed by atoms with Crippen LogP contribution in [0.15, 0.2) is 103 Å². The Morgan fingerprint density at radius 2 is 1.14 bits per heavy atom. The lowest BCUT2D eigenvalue weighted by atomic mass is 10.2. The lowest BCUT2D eigenvalue weighted by Crippen LogP contribution is -2.29. The Balaban J connectivity index is 2.10. The van der Waals surface area contributed by atoms with Crippen LogP contribution in [-0.2, 0) is 9.53 Å². The Bertz CT molecular complexity index is 846. The molecular formula is C26H28O2P+. The maximum atomic E-state index is 12.3. The summed E-state index contributed by atoms with van der Waals surface area (Å²) in [6.07, 6.45) is 2.24. The predicted molar refractivity (Wildman–Crippen MR) is 125 cm³/mol. The van der Waals surface area contributed by atoms with E-state index >= 15 is 0 Å². The van der Waals surface area contributed by atoms with Gasteiger partial charge in [-0.2, -0.15) is 0 Å². The molecule has 0 atom stereocenters. The minimum Gasteiger partial charge on any atom is -0.460 e. The van der Waals surface area contributed by atoms with Crippen LogP contribution in [0.2, 0.25) is 0 Å². The number of hydrogen-bond donors (Lipinski definition) is 0. The molecule has 0 heterocycles. The van der Waals surface area contributed by atoms with Gasteiger partial charge in [-0.15, -0.1) is 0 Å². The topological polar surface area (TPSA) is 26.3 Å².